The number of nitrogens with one attached hydrogen (secondary N) is 1. The Labute approximate surface area is 160 Å². The summed E-state index contributed by atoms with van der Waals surface area (Å²) in [5.41, 5.74) is 3.14. The number of hydrogen-bond acceptors (Lipinski definition) is 4. The van der Waals surface area contributed by atoms with E-state index in [0.29, 0.717) is 5.69 Å². The van der Waals surface area contributed by atoms with Crippen LogP contribution < -0.4 is 5.32 Å². The summed E-state index contributed by atoms with van der Waals surface area (Å²) in [4.78, 5) is 25.4. The van der Waals surface area contributed by atoms with Gasteiger partial charge in [0.25, 0.3) is 5.91 Å². The molecule has 0 spiro atoms. The van der Waals surface area contributed by atoms with Crippen molar-refractivity contribution in [2.24, 2.45) is 13.0 Å². The second kappa shape index (κ2) is 8.84. The van der Waals surface area contributed by atoms with E-state index in [9.17, 15) is 9.59 Å². The third-order valence-electron chi connectivity index (χ3n) is 5.04. The molecule has 0 aliphatic heterocycles. The van der Waals surface area contributed by atoms with Gasteiger partial charge in [-0.1, -0.05) is 50.6 Å². The van der Waals surface area contributed by atoms with E-state index in [0.717, 1.165) is 23.4 Å². The second-order valence-electron chi connectivity index (χ2n) is 7.01. The summed E-state index contributed by atoms with van der Waals surface area (Å²) in [5.74, 6) is -1.03. The van der Waals surface area contributed by atoms with Gasteiger partial charge < -0.3 is 10.1 Å². The highest BCUT2D eigenvalue weighted by atomic mass is 16.5. The fraction of sp³-hybridized carbons (Fsp3) is 0.476. The molecule has 0 aliphatic rings. The predicted octanol–water partition coefficient (Wildman–Crippen LogP) is 3.74. The number of ether oxygens (including phenoxy) is 1. The highest BCUT2D eigenvalue weighted by Gasteiger charge is 2.30. The molecule has 1 heterocycles. The molecular formula is C21H29N3O3. The standard InChI is InChI=1S/C21H29N3O3/c1-7-13(2)18(17-11-9-8-10-12-17)21(26)27-16(5)20(25)22-19-14(3)23-24(6)15(19)4/h8-13,16,18H,7H2,1-6H3,(H,22,25)/t13-,16+,18+/m1/s1. The van der Waals surface area contributed by atoms with Crippen molar-refractivity contribution in [1.82, 2.24) is 9.78 Å². The van der Waals surface area contributed by atoms with E-state index < -0.39 is 12.0 Å². The highest BCUT2D eigenvalue weighted by molar-refractivity contribution is 5.96. The van der Waals surface area contributed by atoms with E-state index in [-0.39, 0.29) is 17.8 Å². The van der Waals surface area contributed by atoms with Gasteiger partial charge in [0, 0.05) is 7.05 Å². The van der Waals surface area contributed by atoms with Gasteiger partial charge in [0.15, 0.2) is 6.10 Å². The van der Waals surface area contributed by atoms with Crippen LogP contribution in [0.5, 0.6) is 0 Å². The SMILES string of the molecule is CC[C@@H](C)[C@H](C(=O)O[C@@H](C)C(=O)Nc1c(C)nn(C)c1C)c1ccccc1. The van der Waals surface area contributed by atoms with Crippen LogP contribution >= 0.6 is 0 Å². The van der Waals surface area contributed by atoms with Gasteiger partial charge in [-0.15, -0.1) is 0 Å². The second-order valence-corrected chi connectivity index (χ2v) is 7.01. The number of rotatable bonds is 7. The normalized spacial score (nSPS) is 14.3. The third kappa shape index (κ3) is 4.76. The van der Waals surface area contributed by atoms with Gasteiger partial charge in [-0.3, -0.25) is 14.3 Å². The predicted molar refractivity (Wildman–Crippen MR) is 106 cm³/mol. The number of anilines is 1. The van der Waals surface area contributed by atoms with Gasteiger partial charge in [-0.2, -0.15) is 5.10 Å². The van der Waals surface area contributed by atoms with Gasteiger partial charge in [-0.25, -0.2) is 0 Å². The van der Waals surface area contributed by atoms with Gasteiger partial charge >= 0.3 is 5.97 Å². The van der Waals surface area contributed by atoms with Gasteiger partial charge in [0.2, 0.25) is 0 Å². The lowest BCUT2D eigenvalue weighted by Crippen LogP contribution is -2.33. The molecule has 1 N–H and O–H groups in total. The summed E-state index contributed by atoms with van der Waals surface area (Å²) in [6.07, 6.45) is -0.0599. The van der Waals surface area contributed by atoms with E-state index in [2.05, 4.69) is 10.4 Å². The Balaban J connectivity index is 2.11. The number of amides is 1. The summed E-state index contributed by atoms with van der Waals surface area (Å²) in [6.45, 7) is 9.35. The van der Waals surface area contributed by atoms with Crippen molar-refractivity contribution in [2.75, 3.05) is 5.32 Å². The maximum Gasteiger partial charge on any atom is 0.314 e. The fourth-order valence-corrected chi connectivity index (χ4v) is 3.07. The lowest BCUT2D eigenvalue weighted by Gasteiger charge is -2.24. The Morgan fingerprint density at radius 1 is 1.19 bits per heavy atom. The summed E-state index contributed by atoms with van der Waals surface area (Å²) < 4.78 is 7.24. The molecule has 1 amide bonds. The van der Waals surface area contributed by atoms with Crippen molar-refractivity contribution >= 4 is 17.6 Å². The van der Waals surface area contributed by atoms with Gasteiger partial charge in [-0.05, 0) is 32.3 Å². The first-order valence-corrected chi connectivity index (χ1v) is 9.32. The molecule has 0 aliphatic carbocycles. The largest absolute Gasteiger partial charge is 0.452 e. The van der Waals surface area contributed by atoms with Crippen LogP contribution in [-0.4, -0.2) is 27.8 Å². The van der Waals surface area contributed by atoms with Crippen LogP contribution in [0.1, 0.15) is 50.1 Å². The average Bonchev–Trinajstić information content (AvgIpc) is 2.88. The first kappa shape index (κ1) is 20.7. The molecule has 0 saturated carbocycles. The molecule has 0 radical (unpaired) electrons. The lowest BCUT2D eigenvalue weighted by molar-refractivity contribution is -0.155. The minimum absolute atomic E-state index is 0.109. The first-order valence-electron chi connectivity index (χ1n) is 9.32. The maximum atomic E-state index is 12.8. The molecule has 0 fully saturated rings. The van der Waals surface area contributed by atoms with Gasteiger partial charge in [0.05, 0.1) is 23.0 Å². The zero-order chi connectivity index (χ0) is 20.1. The highest BCUT2D eigenvalue weighted by Crippen LogP contribution is 2.29. The molecule has 3 atom stereocenters. The molecule has 1 aromatic carbocycles. The van der Waals surface area contributed by atoms with E-state index in [4.69, 9.17) is 4.74 Å². The average molecular weight is 371 g/mol. The number of carbonyl (C=O) groups excluding carboxylic acids is 2. The van der Waals surface area contributed by atoms with Crippen molar-refractivity contribution in [1.29, 1.82) is 0 Å². The first-order chi connectivity index (χ1) is 12.8. The number of benzene rings is 1. The van der Waals surface area contributed by atoms with Crippen LogP contribution in [0.4, 0.5) is 5.69 Å². The number of aryl methyl sites for hydroxylation is 2. The van der Waals surface area contributed by atoms with Crippen LogP contribution in [0.2, 0.25) is 0 Å². The Morgan fingerprint density at radius 3 is 2.33 bits per heavy atom. The Kier molecular flexibility index (Phi) is 6.77. The maximum absolute atomic E-state index is 12.8. The number of nitrogens with zero attached hydrogens (tertiary/aromatic N) is 2. The fourth-order valence-electron chi connectivity index (χ4n) is 3.07. The van der Waals surface area contributed by atoms with E-state index in [1.807, 2.05) is 65.1 Å². The summed E-state index contributed by atoms with van der Waals surface area (Å²) in [5, 5.41) is 7.11. The minimum Gasteiger partial charge on any atom is -0.452 e. The number of aromatic nitrogens is 2. The Morgan fingerprint density at radius 2 is 1.81 bits per heavy atom. The number of carbonyl (C=O) groups is 2. The molecule has 0 saturated heterocycles. The summed E-state index contributed by atoms with van der Waals surface area (Å²) in [7, 11) is 1.82. The molecule has 2 aromatic rings. The van der Waals surface area contributed by atoms with Crippen molar-refractivity contribution in [3.05, 3.63) is 47.3 Å². The van der Waals surface area contributed by atoms with Crippen LogP contribution in [-0.2, 0) is 21.4 Å². The van der Waals surface area contributed by atoms with Crippen molar-refractivity contribution in [3.63, 3.8) is 0 Å². The summed E-state index contributed by atoms with van der Waals surface area (Å²) in [6, 6.07) is 9.57. The Hall–Kier alpha value is -2.63. The van der Waals surface area contributed by atoms with Crippen LogP contribution in [0.25, 0.3) is 0 Å². The topological polar surface area (TPSA) is 73.2 Å². The van der Waals surface area contributed by atoms with Crippen LogP contribution in [0, 0.1) is 19.8 Å². The molecule has 0 bridgehead atoms. The zero-order valence-corrected chi connectivity index (χ0v) is 16.9. The van der Waals surface area contributed by atoms with Crippen molar-refractivity contribution < 1.29 is 14.3 Å². The molecule has 6 heteroatoms. The molecule has 6 nitrogen and oxygen atoms in total. The lowest BCUT2D eigenvalue weighted by atomic mass is 9.85. The monoisotopic (exact) mass is 371 g/mol. The Bertz CT molecular complexity index is 799. The quantitative estimate of drug-likeness (QED) is 0.753. The molecular weight excluding hydrogens is 342 g/mol. The minimum atomic E-state index is -0.897. The molecule has 1 aromatic heterocycles. The van der Waals surface area contributed by atoms with Crippen molar-refractivity contribution in [3.8, 4) is 0 Å². The van der Waals surface area contributed by atoms with Crippen LogP contribution in [0.15, 0.2) is 30.3 Å². The van der Waals surface area contributed by atoms with Gasteiger partial charge in [0.1, 0.15) is 0 Å². The van der Waals surface area contributed by atoms with Crippen molar-refractivity contribution in [2.45, 2.75) is 53.1 Å². The number of esters is 1. The van der Waals surface area contributed by atoms with E-state index >= 15 is 0 Å². The third-order valence-corrected chi connectivity index (χ3v) is 5.04. The number of hydrogen-bond donors (Lipinski definition) is 1. The molecule has 146 valence electrons. The van der Waals surface area contributed by atoms with Crippen LogP contribution in [0.3, 0.4) is 0 Å². The molecule has 0 unspecified atom stereocenters. The smallest absolute Gasteiger partial charge is 0.314 e. The zero-order valence-electron chi connectivity index (χ0n) is 16.9. The molecule has 2 rings (SSSR count). The van der Waals surface area contributed by atoms with E-state index in [1.165, 1.54) is 0 Å². The summed E-state index contributed by atoms with van der Waals surface area (Å²) >= 11 is 0. The molecule has 27 heavy (non-hydrogen) atoms. The van der Waals surface area contributed by atoms with E-state index in [1.54, 1.807) is 11.6 Å².